The Morgan fingerprint density at radius 3 is 2.35 bits per heavy atom. The van der Waals surface area contributed by atoms with Crippen LogP contribution < -0.4 is 9.64 Å². The van der Waals surface area contributed by atoms with Crippen LogP contribution in [0.5, 0.6) is 5.75 Å². The van der Waals surface area contributed by atoms with Crippen molar-refractivity contribution >= 4 is 11.6 Å². The van der Waals surface area contributed by atoms with Crippen LogP contribution in [0.4, 0.5) is 5.69 Å². The molecule has 0 N–H and O–H groups in total. The smallest absolute Gasteiger partial charge is 0.227 e. The second kappa shape index (κ2) is 9.37. The molecule has 3 aromatic rings. The van der Waals surface area contributed by atoms with Gasteiger partial charge in [-0.05, 0) is 42.3 Å². The minimum Gasteiger partial charge on any atom is -0.494 e. The molecule has 0 aliphatic rings. The van der Waals surface area contributed by atoms with E-state index in [9.17, 15) is 4.79 Å². The van der Waals surface area contributed by atoms with Gasteiger partial charge in [-0.1, -0.05) is 42.5 Å². The summed E-state index contributed by atoms with van der Waals surface area (Å²) < 4.78 is 5.68. The Balaban J connectivity index is 1.59. The number of hydrogen-bond acceptors (Lipinski definition) is 3. The second-order valence-corrected chi connectivity index (χ2v) is 5.94. The number of hydrogen-bond donors (Lipinski definition) is 0. The van der Waals surface area contributed by atoms with Gasteiger partial charge in [0.1, 0.15) is 5.75 Å². The number of rotatable bonds is 8. The number of carbonyl (C=O) groups excluding carboxylic acids is 1. The highest BCUT2D eigenvalue weighted by atomic mass is 16.5. The molecule has 26 heavy (non-hydrogen) atoms. The topological polar surface area (TPSA) is 42.4 Å². The van der Waals surface area contributed by atoms with Crippen molar-refractivity contribution < 1.29 is 9.53 Å². The van der Waals surface area contributed by atoms with Gasteiger partial charge in [-0.15, -0.1) is 0 Å². The molecule has 0 aliphatic heterocycles. The first-order valence-electron chi connectivity index (χ1n) is 8.75. The first kappa shape index (κ1) is 17.7. The number of anilines is 1. The molecule has 0 saturated heterocycles. The van der Waals surface area contributed by atoms with Gasteiger partial charge in [0.15, 0.2) is 0 Å². The fraction of sp³-hybridized carbons (Fsp3) is 0.182. The van der Waals surface area contributed by atoms with Gasteiger partial charge < -0.3 is 9.64 Å². The van der Waals surface area contributed by atoms with Crippen molar-refractivity contribution in [2.75, 3.05) is 11.5 Å². The number of nitrogens with zero attached hydrogens (tertiary/aromatic N) is 2. The van der Waals surface area contributed by atoms with E-state index in [-0.39, 0.29) is 5.91 Å². The van der Waals surface area contributed by atoms with Crippen molar-refractivity contribution in [3.8, 4) is 5.75 Å². The summed E-state index contributed by atoms with van der Waals surface area (Å²) in [6.07, 6.45) is 4.63. The van der Waals surface area contributed by atoms with Crippen molar-refractivity contribution in [1.82, 2.24) is 4.98 Å². The quantitative estimate of drug-likeness (QED) is 0.565. The summed E-state index contributed by atoms with van der Waals surface area (Å²) in [6, 6.07) is 23.3. The maximum Gasteiger partial charge on any atom is 0.227 e. The molecule has 0 saturated carbocycles. The van der Waals surface area contributed by atoms with Crippen LogP contribution in [-0.2, 0) is 11.3 Å². The summed E-state index contributed by atoms with van der Waals surface area (Å²) in [7, 11) is 0. The van der Waals surface area contributed by atoms with E-state index < -0.39 is 0 Å². The normalized spacial score (nSPS) is 10.3. The van der Waals surface area contributed by atoms with Crippen LogP contribution in [0.25, 0.3) is 0 Å². The molecule has 4 nitrogen and oxygen atoms in total. The molecular weight excluding hydrogens is 324 g/mol. The van der Waals surface area contributed by atoms with Gasteiger partial charge in [0, 0.05) is 24.5 Å². The van der Waals surface area contributed by atoms with E-state index >= 15 is 0 Å². The van der Waals surface area contributed by atoms with Crippen molar-refractivity contribution in [3.63, 3.8) is 0 Å². The summed E-state index contributed by atoms with van der Waals surface area (Å²) in [6.45, 7) is 1.03. The van der Waals surface area contributed by atoms with E-state index in [2.05, 4.69) is 4.98 Å². The lowest BCUT2D eigenvalue weighted by Gasteiger charge is -2.23. The summed E-state index contributed by atoms with van der Waals surface area (Å²) in [4.78, 5) is 18.8. The highest BCUT2D eigenvalue weighted by Gasteiger charge is 2.16. The van der Waals surface area contributed by atoms with Crippen LogP contribution in [0.15, 0.2) is 85.2 Å². The Hall–Kier alpha value is -3.14. The predicted molar refractivity (Wildman–Crippen MR) is 103 cm³/mol. The molecule has 3 rings (SSSR count). The summed E-state index contributed by atoms with van der Waals surface area (Å²) in [5.41, 5.74) is 1.90. The van der Waals surface area contributed by atoms with Gasteiger partial charge in [-0.25, -0.2) is 0 Å². The molecule has 0 aliphatic carbocycles. The monoisotopic (exact) mass is 346 g/mol. The van der Waals surface area contributed by atoms with E-state index in [0.717, 1.165) is 17.0 Å². The zero-order valence-corrected chi connectivity index (χ0v) is 14.6. The van der Waals surface area contributed by atoms with Crippen LogP contribution in [0.2, 0.25) is 0 Å². The van der Waals surface area contributed by atoms with Crippen LogP contribution in [-0.4, -0.2) is 17.5 Å². The zero-order valence-electron chi connectivity index (χ0n) is 14.6. The summed E-state index contributed by atoms with van der Waals surface area (Å²) in [5.74, 6) is 0.909. The lowest BCUT2D eigenvalue weighted by atomic mass is 10.2. The number of carbonyl (C=O) groups is 1. The number of aromatic nitrogens is 1. The number of amides is 1. The number of benzene rings is 2. The third-order valence-corrected chi connectivity index (χ3v) is 3.98. The van der Waals surface area contributed by atoms with Gasteiger partial charge in [0.2, 0.25) is 5.91 Å². The van der Waals surface area contributed by atoms with Crippen LogP contribution in [0.1, 0.15) is 18.4 Å². The summed E-state index contributed by atoms with van der Waals surface area (Å²) >= 11 is 0. The summed E-state index contributed by atoms with van der Waals surface area (Å²) in [5, 5.41) is 0. The number of pyridine rings is 1. The zero-order chi connectivity index (χ0) is 18.0. The highest BCUT2D eigenvalue weighted by Crippen LogP contribution is 2.18. The van der Waals surface area contributed by atoms with Crippen LogP contribution in [0.3, 0.4) is 0 Å². The Labute approximate surface area is 154 Å². The molecular formula is C22H22N2O2. The molecule has 1 amide bonds. The molecule has 0 unspecified atom stereocenters. The van der Waals surface area contributed by atoms with Crippen molar-refractivity contribution in [2.45, 2.75) is 19.4 Å². The van der Waals surface area contributed by atoms with Gasteiger partial charge in [0.25, 0.3) is 0 Å². The van der Waals surface area contributed by atoms with E-state index in [4.69, 9.17) is 4.74 Å². The predicted octanol–water partition coefficient (Wildman–Crippen LogP) is 4.47. The van der Waals surface area contributed by atoms with Crippen molar-refractivity contribution in [2.24, 2.45) is 0 Å². The Morgan fingerprint density at radius 1 is 0.923 bits per heavy atom. The van der Waals surface area contributed by atoms with E-state index in [1.165, 1.54) is 0 Å². The molecule has 132 valence electrons. The SMILES string of the molecule is O=C(CCCOc1ccccc1)N(Cc1cccnc1)c1ccccc1. The second-order valence-electron chi connectivity index (χ2n) is 5.94. The third kappa shape index (κ3) is 5.18. The van der Waals surface area contributed by atoms with Gasteiger partial charge in [0.05, 0.1) is 13.2 Å². The molecule has 1 heterocycles. The largest absolute Gasteiger partial charge is 0.494 e. The molecule has 0 atom stereocenters. The fourth-order valence-electron chi connectivity index (χ4n) is 2.67. The first-order chi connectivity index (χ1) is 12.8. The molecule has 0 radical (unpaired) electrons. The maximum absolute atomic E-state index is 12.8. The molecule has 2 aromatic carbocycles. The maximum atomic E-state index is 12.8. The number of ether oxygens (including phenoxy) is 1. The molecule has 1 aromatic heterocycles. The first-order valence-corrected chi connectivity index (χ1v) is 8.75. The highest BCUT2D eigenvalue weighted by molar-refractivity contribution is 5.93. The minimum absolute atomic E-state index is 0.0803. The van der Waals surface area contributed by atoms with Crippen molar-refractivity contribution in [3.05, 3.63) is 90.8 Å². The van der Waals surface area contributed by atoms with Gasteiger partial charge in [-0.3, -0.25) is 9.78 Å². The third-order valence-electron chi connectivity index (χ3n) is 3.98. The van der Waals surface area contributed by atoms with E-state index in [0.29, 0.717) is 26.0 Å². The number of para-hydroxylation sites is 2. The molecule has 0 spiro atoms. The molecule has 0 bridgehead atoms. The Kier molecular flexibility index (Phi) is 6.37. The van der Waals surface area contributed by atoms with Crippen LogP contribution >= 0.6 is 0 Å². The Morgan fingerprint density at radius 2 is 1.65 bits per heavy atom. The standard InChI is InChI=1S/C22H22N2O2/c25-22(14-8-16-26-21-12-5-2-6-13-21)24(20-10-3-1-4-11-20)18-19-9-7-15-23-17-19/h1-7,9-13,15,17H,8,14,16,18H2. The minimum atomic E-state index is 0.0803. The fourth-order valence-corrected chi connectivity index (χ4v) is 2.67. The molecule has 0 fully saturated rings. The van der Waals surface area contributed by atoms with E-state index in [1.54, 1.807) is 17.3 Å². The average molecular weight is 346 g/mol. The van der Waals surface area contributed by atoms with Gasteiger partial charge >= 0.3 is 0 Å². The van der Waals surface area contributed by atoms with E-state index in [1.807, 2.05) is 72.8 Å². The van der Waals surface area contributed by atoms with Crippen molar-refractivity contribution in [1.29, 1.82) is 0 Å². The lowest BCUT2D eigenvalue weighted by molar-refractivity contribution is -0.119. The molecule has 4 heteroatoms. The average Bonchev–Trinajstić information content (AvgIpc) is 2.71. The van der Waals surface area contributed by atoms with Gasteiger partial charge in [-0.2, -0.15) is 0 Å². The van der Waals surface area contributed by atoms with Crippen LogP contribution in [0, 0.1) is 0 Å². The Bertz CT molecular complexity index is 792. The lowest BCUT2D eigenvalue weighted by Crippen LogP contribution is -2.30.